The van der Waals surface area contributed by atoms with Crippen molar-refractivity contribution in [3.05, 3.63) is 132 Å². The van der Waals surface area contributed by atoms with Gasteiger partial charge in [-0.1, -0.05) is 110 Å². The highest BCUT2D eigenvalue weighted by Crippen LogP contribution is 2.38. The molecule has 0 bridgehead atoms. The molecule has 3 aromatic heterocycles. The van der Waals surface area contributed by atoms with Crippen molar-refractivity contribution in [2.75, 3.05) is 10.9 Å². The first-order valence-corrected chi connectivity index (χ1v) is 16.5. The van der Waals surface area contributed by atoms with Crippen LogP contribution in [0, 0.1) is 13.8 Å². The Hall–Kier alpha value is -4.49. The van der Waals surface area contributed by atoms with E-state index in [1.54, 1.807) is 50.2 Å². The smallest absolute Gasteiger partial charge is 0.275 e. The third kappa shape index (κ3) is 8.27. The summed E-state index contributed by atoms with van der Waals surface area (Å²) in [5, 5.41) is 9.83. The van der Waals surface area contributed by atoms with Crippen molar-refractivity contribution in [1.29, 1.82) is 0 Å². The standard InChI is InChI=1S/C17H13Cl2N3O2.C16H10Cl4N4O2/c1-10-14(17(23)21-20-11-6-3-2-4-7-11)16(22-24-10)15-12(18)8-5-9-13(15)19;1-7-12(15(24-26-7)13-8(17)3-2-4-9(13)18)16(25)23-22-14-10(19)5-21-6-11(14)20/h2-9,20H,1H3,(H,21,23);2-6H,1H3,(H,21,22)(H,23,25). The second-order valence-corrected chi connectivity index (χ2v) is 12.6. The number of aromatic nitrogens is 3. The minimum Gasteiger partial charge on any atom is -0.360 e. The van der Waals surface area contributed by atoms with Gasteiger partial charge in [0.15, 0.2) is 0 Å². The van der Waals surface area contributed by atoms with Gasteiger partial charge in [-0.05, 0) is 50.2 Å². The predicted octanol–water partition coefficient (Wildman–Crippen LogP) is 10.1. The summed E-state index contributed by atoms with van der Waals surface area (Å²) in [5.74, 6) is -0.266. The summed E-state index contributed by atoms with van der Waals surface area (Å²) in [4.78, 5) is 29.1. The number of hydrogen-bond acceptors (Lipinski definition) is 9. The van der Waals surface area contributed by atoms with Crippen molar-refractivity contribution >= 4 is 92.8 Å². The lowest BCUT2D eigenvalue weighted by Gasteiger charge is -2.12. The molecule has 0 atom stereocenters. The van der Waals surface area contributed by atoms with Crippen LogP contribution in [0.15, 0.2) is 88.2 Å². The van der Waals surface area contributed by atoms with Crippen LogP contribution in [0.2, 0.25) is 30.1 Å². The van der Waals surface area contributed by atoms with E-state index >= 15 is 0 Å². The second kappa shape index (κ2) is 16.5. The van der Waals surface area contributed by atoms with Crippen molar-refractivity contribution in [2.45, 2.75) is 13.8 Å². The van der Waals surface area contributed by atoms with E-state index in [4.69, 9.17) is 78.7 Å². The molecule has 0 radical (unpaired) electrons. The Morgan fingerprint density at radius 3 is 1.42 bits per heavy atom. The quantitative estimate of drug-likeness (QED) is 0.111. The fourth-order valence-electron chi connectivity index (χ4n) is 4.49. The highest BCUT2D eigenvalue weighted by atomic mass is 35.5. The Balaban J connectivity index is 0.000000195. The molecule has 0 aliphatic heterocycles. The highest BCUT2D eigenvalue weighted by molar-refractivity contribution is 6.40. The minimum atomic E-state index is -0.529. The topological polar surface area (TPSA) is 147 Å². The molecule has 2 amide bonds. The lowest BCUT2D eigenvalue weighted by Crippen LogP contribution is -2.30. The molecule has 0 spiro atoms. The summed E-state index contributed by atoms with van der Waals surface area (Å²) in [6, 6.07) is 19.3. The van der Waals surface area contributed by atoms with Gasteiger partial charge in [-0.25, -0.2) is 0 Å². The molecule has 3 aromatic carbocycles. The zero-order valence-electron chi connectivity index (χ0n) is 25.7. The number of aryl methyl sites for hydroxylation is 2. The van der Waals surface area contributed by atoms with E-state index in [1.165, 1.54) is 12.4 Å². The maximum atomic E-state index is 12.7. The summed E-state index contributed by atoms with van der Waals surface area (Å²) in [6.07, 6.45) is 2.78. The van der Waals surface area contributed by atoms with Crippen molar-refractivity contribution in [2.24, 2.45) is 0 Å². The van der Waals surface area contributed by atoms with Crippen molar-refractivity contribution in [1.82, 2.24) is 26.1 Å². The molecule has 17 heteroatoms. The summed E-state index contributed by atoms with van der Waals surface area (Å²) in [5.41, 5.74) is 13.5. The van der Waals surface area contributed by atoms with Crippen LogP contribution in [-0.4, -0.2) is 27.1 Å². The maximum absolute atomic E-state index is 12.7. The molecule has 256 valence electrons. The summed E-state index contributed by atoms with van der Waals surface area (Å²) in [6.45, 7) is 3.25. The molecule has 11 nitrogen and oxygen atoms in total. The average molecular weight is 794 g/mol. The number of nitrogens with zero attached hydrogens (tertiary/aromatic N) is 3. The van der Waals surface area contributed by atoms with Crippen molar-refractivity contribution in [3.63, 3.8) is 0 Å². The average Bonchev–Trinajstić information content (AvgIpc) is 3.66. The van der Waals surface area contributed by atoms with Crippen LogP contribution in [-0.2, 0) is 0 Å². The van der Waals surface area contributed by atoms with E-state index in [-0.39, 0.29) is 26.9 Å². The lowest BCUT2D eigenvalue weighted by molar-refractivity contribution is 0.0953. The number of rotatable bonds is 8. The number of carbonyl (C=O) groups excluding carboxylic acids is 2. The third-order valence-electron chi connectivity index (χ3n) is 6.83. The van der Waals surface area contributed by atoms with Crippen LogP contribution < -0.4 is 21.7 Å². The number of halogens is 6. The Bertz CT molecular complexity index is 2120. The molecule has 0 fully saturated rings. The zero-order chi connectivity index (χ0) is 35.9. The number of nitrogens with one attached hydrogen (secondary N) is 4. The van der Waals surface area contributed by atoms with Crippen LogP contribution >= 0.6 is 69.6 Å². The molecule has 0 unspecified atom stereocenters. The monoisotopic (exact) mass is 791 g/mol. The molecule has 0 aliphatic carbocycles. The van der Waals surface area contributed by atoms with Gasteiger partial charge in [-0.2, -0.15) is 0 Å². The Morgan fingerprint density at radius 2 is 0.980 bits per heavy atom. The number of anilines is 2. The van der Waals surface area contributed by atoms with Crippen LogP contribution in [0.3, 0.4) is 0 Å². The predicted molar refractivity (Wildman–Crippen MR) is 196 cm³/mol. The summed E-state index contributed by atoms with van der Waals surface area (Å²) >= 11 is 36.9. The van der Waals surface area contributed by atoms with Gasteiger partial charge in [-0.15, -0.1) is 0 Å². The van der Waals surface area contributed by atoms with E-state index in [0.717, 1.165) is 5.69 Å². The molecule has 50 heavy (non-hydrogen) atoms. The number of carbonyl (C=O) groups is 2. The molecular weight excluding hydrogens is 771 g/mol. The van der Waals surface area contributed by atoms with E-state index in [1.807, 2.05) is 30.3 Å². The Morgan fingerprint density at radius 1 is 0.560 bits per heavy atom. The molecular formula is C33H23Cl6N7O4. The zero-order valence-corrected chi connectivity index (χ0v) is 30.3. The Labute approximate surface area is 315 Å². The van der Waals surface area contributed by atoms with Gasteiger partial charge in [0.25, 0.3) is 11.8 Å². The van der Waals surface area contributed by atoms with Gasteiger partial charge in [0.1, 0.15) is 34.0 Å². The molecule has 0 saturated carbocycles. The molecule has 3 heterocycles. The molecule has 6 rings (SSSR count). The molecule has 6 aromatic rings. The normalized spacial score (nSPS) is 10.6. The number of benzene rings is 3. The van der Waals surface area contributed by atoms with Crippen LogP contribution in [0.5, 0.6) is 0 Å². The second-order valence-electron chi connectivity index (χ2n) is 10.1. The van der Waals surface area contributed by atoms with Gasteiger partial charge in [0.05, 0.1) is 41.5 Å². The number of pyridine rings is 1. The number of hydrazine groups is 2. The van der Waals surface area contributed by atoms with Crippen LogP contribution in [0.25, 0.3) is 22.5 Å². The first kappa shape index (κ1) is 36.8. The van der Waals surface area contributed by atoms with Gasteiger partial charge in [0, 0.05) is 23.5 Å². The molecule has 0 aliphatic rings. The minimum absolute atomic E-state index is 0.175. The van der Waals surface area contributed by atoms with E-state index in [0.29, 0.717) is 54.1 Å². The first-order valence-electron chi connectivity index (χ1n) is 14.3. The SMILES string of the molecule is Cc1onc(-c2c(Cl)cccc2Cl)c1C(=O)NNc1c(Cl)cncc1Cl.Cc1onc(-c2c(Cl)cccc2Cl)c1C(=O)NNc1ccccc1. The van der Waals surface area contributed by atoms with Gasteiger partial charge in [0.2, 0.25) is 0 Å². The number of hydrogen-bond donors (Lipinski definition) is 4. The van der Waals surface area contributed by atoms with E-state index < -0.39 is 11.8 Å². The highest BCUT2D eigenvalue weighted by Gasteiger charge is 2.26. The van der Waals surface area contributed by atoms with Crippen molar-refractivity contribution in [3.8, 4) is 22.5 Å². The van der Waals surface area contributed by atoms with E-state index in [2.05, 4.69) is 37.0 Å². The fourth-order valence-corrected chi connectivity index (χ4v) is 6.11. The van der Waals surface area contributed by atoms with Crippen LogP contribution in [0.4, 0.5) is 11.4 Å². The number of para-hydroxylation sites is 1. The van der Waals surface area contributed by atoms with Gasteiger partial charge in [-0.3, -0.25) is 36.3 Å². The molecule has 4 N–H and O–H groups in total. The summed E-state index contributed by atoms with van der Waals surface area (Å²) < 4.78 is 10.3. The van der Waals surface area contributed by atoms with Crippen molar-refractivity contribution < 1.29 is 18.6 Å². The van der Waals surface area contributed by atoms with Gasteiger partial charge >= 0.3 is 0 Å². The largest absolute Gasteiger partial charge is 0.360 e. The third-order valence-corrected chi connectivity index (χ3v) is 8.66. The Kier molecular flexibility index (Phi) is 12.1. The fraction of sp³-hybridized carbons (Fsp3) is 0.0606. The van der Waals surface area contributed by atoms with E-state index in [9.17, 15) is 9.59 Å². The number of amides is 2. The first-order chi connectivity index (χ1) is 24.0. The maximum Gasteiger partial charge on any atom is 0.275 e. The summed E-state index contributed by atoms with van der Waals surface area (Å²) in [7, 11) is 0. The molecule has 0 saturated heterocycles. The van der Waals surface area contributed by atoms with Crippen LogP contribution in [0.1, 0.15) is 32.2 Å². The lowest BCUT2D eigenvalue weighted by atomic mass is 10.1. The van der Waals surface area contributed by atoms with Gasteiger partial charge < -0.3 is 9.05 Å².